The van der Waals surface area contributed by atoms with E-state index in [1.165, 1.54) is 4.90 Å². The van der Waals surface area contributed by atoms with Crippen molar-refractivity contribution >= 4 is 23.4 Å². The first kappa shape index (κ1) is 18.0. The molecule has 1 aromatic rings. The zero-order valence-electron chi connectivity index (χ0n) is 14.2. The van der Waals surface area contributed by atoms with E-state index in [9.17, 15) is 4.79 Å². The van der Waals surface area contributed by atoms with Crippen LogP contribution in [0, 0.1) is 0 Å². The fourth-order valence-electron chi connectivity index (χ4n) is 2.35. The third kappa shape index (κ3) is 5.09. The fourth-order valence-corrected chi connectivity index (χ4v) is 2.60. The van der Waals surface area contributed by atoms with Crippen LogP contribution in [0.3, 0.4) is 0 Å². The lowest BCUT2D eigenvalue weighted by molar-refractivity contribution is 0.0589. The largest absolute Gasteiger partial charge is 0.443 e. The quantitative estimate of drug-likeness (QED) is 0.890. The molecule has 1 atom stereocenters. The van der Waals surface area contributed by atoms with Crippen molar-refractivity contribution < 1.29 is 14.3 Å². The van der Waals surface area contributed by atoms with Gasteiger partial charge in [-0.3, -0.25) is 4.90 Å². The molecule has 128 valence electrons. The van der Waals surface area contributed by atoms with E-state index in [0.717, 1.165) is 30.8 Å². The van der Waals surface area contributed by atoms with Gasteiger partial charge in [-0.05, 0) is 57.5 Å². The van der Waals surface area contributed by atoms with Crippen molar-refractivity contribution in [3.63, 3.8) is 0 Å². The van der Waals surface area contributed by atoms with Crippen molar-refractivity contribution in [3.8, 4) is 0 Å². The molecule has 23 heavy (non-hydrogen) atoms. The molecular weight excluding hydrogens is 316 g/mol. The first-order valence-corrected chi connectivity index (χ1v) is 8.23. The van der Waals surface area contributed by atoms with Gasteiger partial charge < -0.3 is 14.8 Å². The lowest BCUT2D eigenvalue weighted by Crippen LogP contribution is -2.34. The maximum atomic E-state index is 12.2. The van der Waals surface area contributed by atoms with E-state index in [1.54, 1.807) is 13.1 Å². The Balaban J connectivity index is 2.20. The van der Waals surface area contributed by atoms with Gasteiger partial charge in [0.1, 0.15) is 5.60 Å². The minimum absolute atomic E-state index is 0.0250. The second kappa shape index (κ2) is 7.51. The van der Waals surface area contributed by atoms with E-state index in [2.05, 4.69) is 5.32 Å². The maximum Gasteiger partial charge on any atom is 0.414 e. The monoisotopic (exact) mass is 340 g/mol. The molecular formula is C17H25ClN2O3. The van der Waals surface area contributed by atoms with Gasteiger partial charge in [0, 0.05) is 24.4 Å². The first-order chi connectivity index (χ1) is 10.8. The highest BCUT2D eigenvalue weighted by Gasteiger charge is 2.23. The van der Waals surface area contributed by atoms with Crippen molar-refractivity contribution in [2.24, 2.45) is 0 Å². The molecule has 1 aliphatic rings. The Labute approximate surface area is 142 Å². The molecule has 1 aliphatic heterocycles. The number of hydrogen-bond donors (Lipinski definition) is 1. The molecule has 0 saturated carbocycles. The highest BCUT2D eigenvalue weighted by Crippen LogP contribution is 2.29. The predicted molar refractivity (Wildman–Crippen MR) is 92.3 cm³/mol. The molecule has 1 saturated heterocycles. The molecule has 2 rings (SSSR count). The van der Waals surface area contributed by atoms with Crippen molar-refractivity contribution in [2.75, 3.05) is 31.7 Å². The van der Waals surface area contributed by atoms with Crippen LogP contribution in [0.25, 0.3) is 0 Å². The summed E-state index contributed by atoms with van der Waals surface area (Å²) in [6, 6.07) is 5.56. The topological polar surface area (TPSA) is 50.8 Å². The third-order valence-corrected chi connectivity index (χ3v) is 3.89. The number of benzene rings is 1. The van der Waals surface area contributed by atoms with Crippen LogP contribution >= 0.6 is 11.6 Å². The van der Waals surface area contributed by atoms with E-state index >= 15 is 0 Å². The molecule has 0 unspecified atom stereocenters. The average Bonchev–Trinajstić information content (AvgIpc) is 2.74. The summed E-state index contributed by atoms with van der Waals surface area (Å²) in [7, 11) is 1.69. The number of hydrogen-bond acceptors (Lipinski definition) is 4. The SMILES string of the molecule is CN(C(=O)OC(C)(C)C)c1ccc(Cl)c([C@@H]2COCCCN2)c1. The highest BCUT2D eigenvalue weighted by atomic mass is 35.5. The number of ether oxygens (including phenoxy) is 2. The Morgan fingerprint density at radius 2 is 2.17 bits per heavy atom. The Bertz CT molecular complexity index is 549. The molecule has 5 nitrogen and oxygen atoms in total. The molecule has 0 spiro atoms. The van der Waals surface area contributed by atoms with Gasteiger partial charge in [-0.25, -0.2) is 4.79 Å². The van der Waals surface area contributed by atoms with E-state index < -0.39 is 11.7 Å². The van der Waals surface area contributed by atoms with Gasteiger partial charge in [0.15, 0.2) is 0 Å². The highest BCUT2D eigenvalue weighted by molar-refractivity contribution is 6.31. The van der Waals surface area contributed by atoms with Gasteiger partial charge in [0.25, 0.3) is 0 Å². The number of carbonyl (C=O) groups is 1. The Morgan fingerprint density at radius 3 is 2.87 bits per heavy atom. The number of amides is 1. The van der Waals surface area contributed by atoms with Crippen LogP contribution in [-0.2, 0) is 9.47 Å². The molecule has 0 aromatic heterocycles. The summed E-state index contributed by atoms with van der Waals surface area (Å²) in [5.74, 6) is 0. The zero-order valence-corrected chi connectivity index (χ0v) is 14.9. The van der Waals surface area contributed by atoms with E-state index in [4.69, 9.17) is 21.1 Å². The molecule has 0 radical (unpaired) electrons. The lowest BCUT2D eigenvalue weighted by Gasteiger charge is -2.26. The van der Waals surface area contributed by atoms with Crippen LogP contribution in [-0.4, -0.2) is 38.5 Å². The third-order valence-electron chi connectivity index (χ3n) is 3.55. The Kier molecular flexibility index (Phi) is 5.89. The minimum Gasteiger partial charge on any atom is -0.443 e. The second-order valence-electron chi connectivity index (χ2n) is 6.68. The zero-order chi connectivity index (χ0) is 17.0. The Hall–Kier alpha value is -1.30. The lowest BCUT2D eigenvalue weighted by atomic mass is 10.1. The summed E-state index contributed by atoms with van der Waals surface area (Å²) in [5, 5.41) is 4.09. The van der Waals surface area contributed by atoms with E-state index in [0.29, 0.717) is 11.6 Å². The number of nitrogens with one attached hydrogen (secondary N) is 1. The van der Waals surface area contributed by atoms with Gasteiger partial charge in [0.05, 0.1) is 12.6 Å². The molecule has 6 heteroatoms. The van der Waals surface area contributed by atoms with Gasteiger partial charge in [-0.15, -0.1) is 0 Å². The number of nitrogens with zero attached hydrogens (tertiary/aromatic N) is 1. The van der Waals surface area contributed by atoms with Gasteiger partial charge in [0.2, 0.25) is 0 Å². The smallest absolute Gasteiger partial charge is 0.414 e. The molecule has 1 aromatic carbocycles. The number of rotatable bonds is 2. The second-order valence-corrected chi connectivity index (χ2v) is 7.09. The summed E-state index contributed by atoms with van der Waals surface area (Å²) >= 11 is 6.34. The van der Waals surface area contributed by atoms with Crippen molar-refractivity contribution in [1.29, 1.82) is 0 Å². The maximum absolute atomic E-state index is 12.2. The van der Waals surface area contributed by atoms with Gasteiger partial charge >= 0.3 is 6.09 Å². The summed E-state index contributed by atoms with van der Waals surface area (Å²) in [6.45, 7) is 7.74. The summed E-state index contributed by atoms with van der Waals surface area (Å²) in [6.07, 6.45) is 0.585. The molecule has 1 N–H and O–H groups in total. The van der Waals surface area contributed by atoms with E-state index in [1.807, 2.05) is 32.9 Å². The minimum atomic E-state index is -0.530. The normalized spacial score (nSPS) is 19.1. The van der Waals surface area contributed by atoms with E-state index in [-0.39, 0.29) is 6.04 Å². The van der Waals surface area contributed by atoms with Crippen LogP contribution in [0.5, 0.6) is 0 Å². The predicted octanol–water partition coefficient (Wildman–Crippen LogP) is 3.76. The number of halogens is 1. The Morgan fingerprint density at radius 1 is 1.43 bits per heavy atom. The van der Waals surface area contributed by atoms with Crippen LogP contribution in [0.4, 0.5) is 10.5 Å². The van der Waals surface area contributed by atoms with Gasteiger partial charge in [-0.1, -0.05) is 11.6 Å². The number of anilines is 1. The summed E-state index contributed by atoms with van der Waals surface area (Å²) in [4.78, 5) is 13.7. The standard InChI is InChI=1S/C17H25ClN2O3/c1-17(2,3)23-16(21)20(4)12-6-7-14(18)13(10-12)15-11-22-9-5-8-19-15/h6-7,10,15,19H,5,8-9,11H2,1-4H3/t15-/m0/s1. The van der Waals surface area contributed by atoms with Crippen molar-refractivity contribution in [3.05, 3.63) is 28.8 Å². The van der Waals surface area contributed by atoms with Crippen LogP contribution in [0.1, 0.15) is 38.8 Å². The molecule has 1 heterocycles. The van der Waals surface area contributed by atoms with Crippen molar-refractivity contribution in [1.82, 2.24) is 5.32 Å². The molecule has 1 amide bonds. The molecule has 0 bridgehead atoms. The van der Waals surface area contributed by atoms with Gasteiger partial charge in [-0.2, -0.15) is 0 Å². The summed E-state index contributed by atoms with van der Waals surface area (Å²) < 4.78 is 11.0. The van der Waals surface area contributed by atoms with Crippen LogP contribution in [0.15, 0.2) is 18.2 Å². The first-order valence-electron chi connectivity index (χ1n) is 7.85. The molecule has 1 fully saturated rings. The fraction of sp³-hybridized carbons (Fsp3) is 0.588. The average molecular weight is 341 g/mol. The van der Waals surface area contributed by atoms with Crippen LogP contribution < -0.4 is 10.2 Å². The van der Waals surface area contributed by atoms with Crippen molar-refractivity contribution in [2.45, 2.75) is 38.8 Å². The summed E-state index contributed by atoms with van der Waals surface area (Å²) in [5.41, 5.74) is 1.14. The van der Waals surface area contributed by atoms with Crippen LogP contribution in [0.2, 0.25) is 5.02 Å². The molecule has 0 aliphatic carbocycles. The number of carbonyl (C=O) groups excluding carboxylic acids is 1.